The van der Waals surface area contributed by atoms with Gasteiger partial charge in [-0.3, -0.25) is 0 Å². The molecule has 3 aliphatic rings. The van der Waals surface area contributed by atoms with Crippen molar-refractivity contribution in [3.8, 4) is 0 Å². The highest BCUT2D eigenvalue weighted by Gasteiger charge is 2.29. The first-order valence-corrected chi connectivity index (χ1v) is 9.61. The number of ether oxygens (including phenoxy) is 1. The van der Waals surface area contributed by atoms with E-state index in [2.05, 4.69) is 0 Å². The molecule has 3 fully saturated rings. The molecule has 0 aromatic carbocycles. The highest BCUT2D eigenvalue weighted by molar-refractivity contribution is 4.80. The summed E-state index contributed by atoms with van der Waals surface area (Å²) in [6, 6.07) is 0. The summed E-state index contributed by atoms with van der Waals surface area (Å²) in [5.74, 6) is 3.09. The Morgan fingerprint density at radius 1 is 0.714 bits per heavy atom. The SMILES string of the molecule is OC1CCC(CCC2CCC(C3CCCCC3)CC2)OC1. The van der Waals surface area contributed by atoms with Crippen LogP contribution in [0.25, 0.3) is 0 Å². The van der Waals surface area contributed by atoms with E-state index in [0.29, 0.717) is 12.7 Å². The molecule has 2 aliphatic carbocycles. The van der Waals surface area contributed by atoms with Crippen LogP contribution in [-0.2, 0) is 4.74 Å². The summed E-state index contributed by atoms with van der Waals surface area (Å²) < 4.78 is 5.75. The third-order valence-electron chi connectivity index (χ3n) is 6.45. The van der Waals surface area contributed by atoms with Crippen LogP contribution in [0.1, 0.15) is 83.5 Å². The quantitative estimate of drug-likeness (QED) is 0.815. The largest absolute Gasteiger partial charge is 0.391 e. The van der Waals surface area contributed by atoms with Crippen LogP contribution in [0.5, 0.6) is 0 Å². The molecule has 1 heterocycles. The van der Waals surface area contributed by atoms with E-state index in [1.54, 1.807) is 0 Å². The van der Waals surface area contributed by atoms with Gasteiger partial charge in [0.05, 0.1) is 18.8 Å². The van der Waals surface area contributed by atoms with E-state index in [0.717, 1.165) is 30.6 Å². The van der Waals surface area contributed by atoms with Crippen molar-refractivity contribution in [2.75, 3.05) is 6.61 Å². The summed E-state index contributed by atoms with van der Waals surface area (Å²) in [4.78, 5) is 0. The number of aliphatic hydroxyl groups excluding tert-OH is 1. The van der Waals surface area contributed by atoms with Gasteiger partial charge in [-0.15, -0.1) is 0 Å². The number of aliphatic hydroxyl groups is 1. The molecule has 2 saturated carbocycles. The maximum absolute atomic E-state index is 9.47. The monoisotopic (exact) mass is 294 g/mol. The molecule has 1 aliphatic heterocycles. The molecule has 122 valence electrons. The predicted molar refractivity (Wildman–Crippen MR) is 86.2 cm³/mol. The third-order valence-corrected chi connectivity index (χ3v) is 6.45. The molecule has 2 unspecified atom stereocenters. The van der Waals surface area contributed by atoms with Gasteiger partial charge in [-0.05, 0) is 56.3 Å². The van der Waals surface area contributed by atoms with Crippen LogP contribution >= 0.6 is 0 Å². The molecular formula is C19H34O2. The minimum absolute atomic E-state index is 0.202. The van der Waals surface area contributed by atoms with Gasteiger partial charge in [-0.2, -0.15) is 0 Å². The summed E-state index contributed by atoms with van der Waals surface area (Å²) in [6.07, 6.45) is 18.3. The molecule has 1 saturated heterocycles. The standard InChI is InChI=1S/C19H34O2/c20-18-11-13-19(21-14-18)12-8-15-6-9-17(10-7-15)16-4-2-1-3-5-16/h15-20H,1-14H2. The van der Waals surface area contributed by atoms with Crippen LogP contribution in [0.3, 0.4) is 0 Å². The van der Waals surface area contributed by atoms with Crippen LogP contribution in [0.2, 0.25) is 0 Å². The molecule has 0 bridgehead atoms. The summed E-state index contributed by atoms with van der Waals surface area (Å²) in [5.41, 5.74) is 0. The molecule has 2 nitrogen and oxygen atoms in total. The van der Waals surface area contributed by atoms with Gasteiger partial charge >= 0.3 is 0 Å². The Labute approximate surface area is 130 Å². The first kappa shape index (κ1) is 15.8. The Kier molecular flexibility index (Phi) is 5.99. The van der Waals surface area contributed by atoms with E-state index in [-0.39, 0.29) is 6.10 Å². The van der Waals surface area contributed by atoms with Gasteiger partial charge in [0, 0.05) is 0 Å². The van der Waals surface area contributed by atoms with E-state index >= 15 is 0 Å². The van der Waals surface area contributed by atoms with Crippen molar-refractivity contribution in [1.82, 2.24) is 0 Å². The molecule has 1 N–H and O–H groups in total. The Morgan fingerprint density at radius 3 is 2.10 bits per heavy atom. The Hall–Kier alpha value is -0.0800. The van der Waals surface area contributed by atoms with Crippen molar-refractivity contribution in [1.29, 1.82) is 0 Å². The lowest BCUT2D eigenvalue weighted by Gasteiger charge is -2.36. The fraction of sp³-hybridized carbons (Fsp3) is 1.00. The zero-order chi connectivity index (χ0) is 14.5. The fourth-order valence-corrected chi connectivity index (χ4v) is 5.00. The van der Waals surface area contributed by atoms with Gasteiger partial charge in [-0.1, -0.05) is 44.9 Å². The Bertz CT molecular complexity index is 282. The number of hydrogen-bond donors (Lipinski definition) is 1. The van der Waals surface area contributed by atoms with Crippen LogP contribution in [-0.4, -0.2) is 23.9 Å². The highest BCUT2D eigenvalue weighted by Crippen LogP contribution is 2.41. The Morgan fingerprint density at radius 2 is 1.43 bits per heavy atom. The maximum Gasteiger partial charge on any atom is 0.0774 e. The second-order valence-corrected chi connectivity index (χ2v) is 7.94. The molecular weight excluding hydrogens is 260 g/mol. The Balaban J connectivity index is 1.32. The molecule has 0 amide bonds. The summed E-state index contributed by atoms with van der Waals surface area (Å²) in [7, 11) is 0. The molecule has 0 aromatic rings. The van der Waals surface area contributed by atoms with Crippen molar-refractivity contribution >= 4 is 0 Å². The van der Waals surface area contributed by atoms with Gasteiger partial charge in [-0.25, -0.2) is 0 Å². The highest BCUT2D eigenvalue weighted by atomic mass is 16.5. The van der Waals surface area contributed by atoms with Crippen molar-refractivity contribution in [2.24, 2.45) is 17.8 Å². The molecule has 0 radical (unpaired) electrons. The molecule has 21 heavy (non-hydrogen) atoms. The summed E-state index contributed by atoms with van der Waals surface area (Å²) in [5, 5.41) is 9.47. The molecule has 2 atom stereocenters. The van der Waals surface area contributed by atoms with E-state index in [1.807, 2.05) is 0 Å². The van der Waals surface area contributed by atoms with E-state index in [9.17, 15) is 5.11 Å². The smallest absolute Gasteiger partial charge is 0.0774 e. The zero-order valence-electron chi connectivity index (χ0n) is 13.6. The van der Waals surface area contributed by atoms with E-state index in [4.69, 9.17) is 4.74 Å². The van der Waals surface area contributed by atoms with Crippen molar-refractivity contribution in [3.63, 3.8) is 0 Å². The van der Waals surface area contributed by atoms with Gasteiger partial charge in [0.1, 0.15) is 0 Å². The van der Waals surface area contributed by atoms with Gasteiger partial charge in [0.25, 0.3) is 0 Å². The molecule has 2 heteroatoms. The number of rotatable bonds is 4. The third kappa shape index (κ3) is 4.69. The molecule has 0 aromatic heterocycles. The molecule has 3 rings (SSSR count). The van der Waals surface area contributed by atoms with Gasteiger partial charge in [0.15, 0.2) is 0 Å². The summed E-state index contributed by atoms with van der Waals surface area (Å²) >= 11 is 0. The first-order valence-electron chi connectivity index (χ1n) is 9.61. The zero-order valence-corrected chi connectivity index (χ0v) is 13.6. The maximum atomic E-state index is 9.47. The van der Waals surface area contributed by atoms with E-state index in [1.165, 1.54) is 70.6 Å². The minimum atomic E-state index is -0.202. The normalized spacial score (nSPS) is 39.3. The number of hydrogen-bond acceptors (Lipinski definition) is 2. The lowest BCUT2D eigenvalue weighted by Crippen LogP contribution is -2.30. The van der Waals surface area contributed by atoms with Crippen molar-refractivity contribution in [2.45, 2.75) is 95.7 Å². The lowest BCUT2D eigenvalue weighted by molar-refractivity contribution is -0.0603. The average molecular weight is 294 g/mol. The summed E-state index contributed by atoms with van der Waals surface area (Å²) in [6.45, 7) is 0.569. The van der Waals surface area contributed by atoms with Crippen LogP contribution in [0, 0.1) is 17.8 Å². The van der Waals surface area contributed by atoms with Crippen LogP contribution in [0.15, 0.2) is 0 Å². The first-order chi connectivity index (χ1) is 10.3. The van der Waals surface area contributed by atoms with Crippen LogP contribution < -0.4 is 0 Å². The fourth-order valence-electron chi connectivity index (χ4n) is 5.00. The average Bonchev–Trinajstić information content (AvgIpc) is 2.56. The predicted octanol–water partition coefficient (Wildman–Crippen LogP) is 4.69. The van der Waals surface area contributed by atoms with Gasteiger partial charge in [0.2, 0.25) is 0 Å². The molecule has 0 spiro atoms. The topological polar surface area (TPSA) is 29.5 Å². The van der Waals surface area contributed by atoms with Crippen molar-refractivity contribution in [3.05, 3.63) is 0 Å². The second kappa shape index (κ2) is 7.97. The van der Waals surface area contributed by atoms with Crippen LogP contribution in [0.4, 0.5) is 0 Å². The van der Waals surface area contributed by atoms with E-state index < -0.39 is 0 Å². The second-order valence-electron chi connectivity index (χ2n) is 7.94. The van der Waals surface area contributed by atoms with Crippen molar-refractivity contribution < 1.29 is 9.84 Å². The van der Waals surface area contributed by atoms with Gasteiger partial charge < -0.3 is 9.84 Å². The minimum Gasteiger partial charge on any atom is -0.391 e. The lowest BCUT2D eigenvalue weighted by atomic mass is 9.70.